The van der Waals surface area contributed by atoms with Crippen LogP contribution in [0.1, 0.15) is 11.6 Å². The summed E-state index contributed by atoms with van der Waals surface area (Å²) in [5.74, 6) is 1.93. The zero-order valence-electron chi connectivity index (χ0n) is 16.9. The highest BCUT2D eigenvalue weighted by Gasteiger charge is 2.17. The van der Waals surface area contributed by atoms with Crippen molar-refractivity contribution < 1.29 is 18.7 Å². The third kappa shape index (κ3) is 5.07. The van der Waals surface area contributed by atoms with Gasteiger partial charge in [-0.05, 0) is 30.5 Å². The van der Waals surface area contributed by atoms with Crippen molar-refractivity contribution in [2.24, 2.45) is 0 Å². The van der Waals surface area contributed by atoms with Crippen molar-refractivity contribution in [2.75, 3.05) is 44.6 Å². The van der Waals surface area contributed by atoms with Gasteiger partial charge in [-0.3, -0.25) is 0 Å². The van der Waals surface area contributed by atoms with E-state index in [1.165, 1.54) is 4.90 Å². The molecule has 2 aromatic heterocycles. The molecule has 3 heterocycles. The molecule has 30 heavy (non-hydrogen) atoms. The lowest BCUT2D eigenvalue weighted by atomic mass is 10.2. The van der Waals surface area contributed by atoms with Crippen molar-refractivity contribution >= 4 is 17.7 Å². The highest BCUT2D eigenvalue weighted by Crippen LogP contribution is 2.22. The van der Waals surface area contributed by atoms with Crippen molar-refractivity contribution in [2.45, 2.75) is 18.1 Å². The Hall–Kier alpha value is -2.69. The predicted molar refractivity (Wildman–Crippen MR) is 112 cm³/mol. The summed E-state index contributed by atoms with van der Waals surface area (Å²) in [6.07, 6.45) is 2.04. The fraction of sp³-hybridized carbons (Fsp3) is 0.400. The minimum atomic E-state index is 0.113. The van der Waals surface area contributed by atoms with Crippen molar-refractivity contribution in [3.63, 3.8) is 0 Å². The first-order valence-electron chi connectivity index (χ1n) is 9.54. The molecule has 0 bridgehead atoms. The SMILES string of the molecule is COCc1cc(OCc2nc(-c3ccc(SC)cc3)no2)nc(N2CCOCC2)n1. The second kappa shape index (κ2) is 9.88. The zero-order chi connectivity index (χ0) is 20.8. The second-order valence-electron chi connectivity index (χ2n) is 6.56. The molecule has 1 aromatic carbocycles. The van der Waals surface area contributed by atoms with E-state index in [9.17, 15) is 0 Å². The van der Waals surface area contributed by atoms with E-state index in [0.29, 0.717) is 43.4 Å². The van der Waals surface area contributed by atoms with Crippen LogP contribution >= 0.6 is 11.8 Å². The van der Waals surface area contributed by atoms with Gasteiger partial charge in [-0.1, -0.05) is 5.16 Å². The topological polar surface area (TPSA) is 95.6 Å². The van der Waals surface area contributed by atoms with E-state index in [2.05, 4.69) is 25.0 Å². The second-order valence-corrected chi connectivity index (χ2v) is 7.44. The summed E-state index contributed by atoms with van der Waals surface area (Å²) >= 11 is 1.68. The summed E-state index contributed by atoms with van der Waals surface area (Å²) in [5, 5.41) is 4.04. The number of hydrogen-bond acceptors (Lipinski definition) is 10. The molecule has 0 atom stereocenters. The number of hydrogen-bond donors (Lipinski definition) is 0. The molecule has 1 aliphatic heterocycles. The molecule has 158 valence electrons. The lowest BCUT2D eigenvalue weighted by Crippen LogP contribution is -2.37. The van der Waals surface area contributed by atoms with Gasteiger partial charge in [0.05, 0.1) is 25.5 Å². The van der Waals surface area contributed by atoms with Crippen LogP contribution in [0.3, 0.4) is 0 Å². The molecular weight excluding hydrogens is 406 g/mol. The Morgan fingerprint density at radius 1 is 1.07 bits per heavy atom. The molecule has 0 aliphatic carbocycles. The van der Waals surface area contributed by atoms with Gasteiger partial charge >= 0.3 is 0 Å². The lowest BCUT2D eigenvalue weighted by molar-refractivity contribution is 0.121. The van der Waals surface area contributed by atoms with E-state index in [1.54, 1.807) is 24.9 Å². The van der Waals surface area contributed by atoms with Crippen LogP contribution in [0.5, 0.6) is 5.88 Å². The molecule has 4 rings (SSSR count). The maximum absolute atomic E-state index is 5.83. The number of methoxy groups -OCH3 is 1. The van der Waals surface area contributed by atoms with E-state index in [1.807, 2.05) is 30.5 Å². The molecule has 0 saturated carbocycles. The van der Waals surface area contributed by atoms with Crippen LogP contribution in [0.2, 0.25) is 0 Å². The first-order valence-corrected chi connectivity index (χ1v) is 10.8. The van der Waals surface area contributed by atoms with Crippen LogP contribution < -0.4 is 9.64 Å². The number of morpholine rings is 1. The van der Waals surface area contributed by atoms with E-state index < -0.39 is 0 Å². The number of ether oxygens (including phenoxy) is 3. The van der Waals surface area contributed by atoms with E-state index in [-0.39, 0.29) is 6.61 Å². The van der Waals surface area contributed by atoms with Crippen molar-refractivity contribution in [3.05, 3.63) is 41.9 Å². The van der Waals surface area contributed by atoms with Crippen LogP contribution in [-0.2, 0) is 22.7 Å². The molecule has 0 radical (unpaired) electrons. The Morgan fingerprint density at radius 3 is 2.60 bits per heavy atom. The molecule has 10 heteroatoms. The Labute approximate surface area is 178 Å². The van der Waals surface area contributed by atoms with Gasteiger partial charge in [0, 0.05) is 36.7 Å². The molecule has 0 spiro atoms. The summed E-state index contributed by atoms with van der Waals surface area (Å²) in [7, 11) is 1.63. The average molecular weight is 430 g/mol. The van der Waals surface area contributed by atoms with Crippen LogP contribution in [0.4, 0.5) is 5.95 Å². The lowest BCUT2D eigenvalue weighted by Gasteiger charge is -2.27. The Morgan fingerprint density at radius 2 is 1.87 bits per heavy atom. The number of anilines is 1. The highest BCUT2D eigenvalue weighted by atomic mass is 32.2. The first kappa shape index (κ1) is 20.6. The molecule has 3 aromatic rings. The average Bonchev–Trinajstić information content (AvgIpc) is 3.28. The van der Waals surface area contributed by atoms with Gasteiger partial charge in [-0.15, -0.1) is 11.8 Å². The number of thioether (sulfide) groups is 1. The molecule has 1 aliphatic rings. The quantitative estimate of drug-likeness (QED) is 0.497. The Balaban J connectivity index is 1.46. The summed E-state index contributed by atoms with van der Waals surface area (Å²) in [4.78, 5) is 16.8. The molecular formula is C20H23N5O4S. The molecule has 0 amide bonds. The molecule has 0 N–H and O–H groups in total. The van der Waals surface area contributed by atoms with E-state index in [4.69, 9.17) is 18.7 Å². The summed E-state index contributed by atoms with van der Waals surface area (Å²) in [6, 6.07) is 9.75. The highest BCUT2D eigenvalue weighted by molar-refractivity contribution is 7.98. The number of nitrogens with zero attached hydrogens (tertiary/aromatic N) is 5. The van der Waals surface area contributed by atoms with Crippen molar-refractivity contribution in [3.8, 4) is 17.3 Å². The fourth-order valence-electron chi connectivity index (χ4n) is 2.97. The van der Waals surface area contributed by atoms with Gasteiger partial charge in [0.1, 0.15) is 0 Å². The van der Waals surface area contributed by atoms with E-state index in [0.717, 1.165) is 24.3 Å². The normalized spacial score (nSPS) is 14.1. The largest absolute Gasteiger partial charge is 0.467 e. The molecule has 1 fully saturated rings. The van der Waals surface area contributed by atoms with Crippen LogP contribution in [0, 0.1) is 0 Å². The molecule has 0 unspecified atom stereocenters. The molecule has 1 saturated heterocycles. The Kier molecular flexibility index (Phi) is 6.77. The monoisotopic (exact) mass is 429 g/mol. The third-order valence-electron chi connectivity index (χ3n) is 4.49. The number of benzene rings is 1. The van der Waals surface area contributed by atoms with Gasteiger partial charge in [0.15, 0.2) is 6.61 Å². The van der Waals surface area contributed by atoms with Gasteiger partial charge < -0.3 is 23.6 Å². The van der Waals surface area contributed by atoms with Crippen LogP contribution in [0.25, 0.3) is 11.4 Å². The Bertz CT molecular complexity index is 960. The van der Waals surface area contributed by atoms with Gasteiger partial charge in [0.25, 0.3) is 5.89 Å². The minimum absolute atomic E-state index is 0.113. The summed E-state index contributed by atoms with van der Waals surface area (Å²) in [5.41, 5.74) is 1.63. The van der Waals surface area contributed by atoms with Crippen LogP contribution in [-0.4, -0.2) is 59.8 Å². The third-order valence-corrected chi connectivity index (χ3v) is 5.23. The van der Waals surface area contributed by atoms with Crippen molar-refractivity contribution in [1.29, 1.82) is 0 Å². The van der Waals surface area contributed by atoms with Gasteiger partial charge in [0.2, 0.25) is 17.7 Å². The molecule has 9 nitrogen and oxygen atoms in total. The minimum Gasteiger partial charge on any atom is -0.467 e. The predicted octanol–water partition coefficient (Wildman–Crippen LogP) is 2.81. The fourth-order valence-corrected chi connectivity index (χ4v) is 3.37. The first-order chi connectivity index (χ1) is 14.7. The summed E-state index contributed by atoms with van der Waals surface area (Å²) in [6.45, 7) is 3.25. The standard InChI is InChI=1S/C20H23N5O4S/c1-26-12-15-11-17(23-20(21-15)25-7-9-27-10-8-25)28-13-18-22-19(24-29-18)14-3-5-16(30-2)6-4-14/h3-6,11H,7-10,12-13H2,1-2H3. The smallest absolute Gasteiger partial charge is 0.264 e. The number of aromatic nitrogens is 4. The maximum Gasteiger partial charge on any atom is 0.264 e. The summed E-state index contributed by atoms with van der Waals surface area (Å²) < 4.78 is 21.8. The zero-order valence-corrected chi connectivity index (χ0v) is 17.7. The van der Waals surface area contributed by atoms with E-state index >= 15 is 0 Å². The number of rotatable bonds is 8. The van der Waals surface area contributed by atoms with Crippen molar-refractivity contribution in [1.82, 2.24) is 20.1 Å². The van der Waals surface area contributed by atoms with Crippen LogP contribution in [0.15, 0.2) is 39.8 Å². The maximum atomic E-state index is 5.83. The van der Waals surface area contributed by atoms with Gasteiger partial charge in [-0.25, -0.2) is 4.98 Å². The van der Waals surface area contributed by atoms with Gasteiger partial charge in [-0.2, -0.15) is 9.97 Å².